The van der Waals surface area contributed by atoms with Crippen LogP contribution in [0.25, 0.3) is 0 Å². The minimum absolute atomic E-state index is 1.18. The van der Waals surface area contributed by atoms with Gasteiger partial charge in [0.2, 0.25) is 6.33 Å². The molecule has 0 saturated heterocycles. The van der Waals surface area contributed by atoms with Gasteiger partial charge in [-0.15, -0.1) is 0 Å². The second kappa shape index (κ2) is 9.26. The van der Waals surface area contributed by atoms with Crippen LogP contribution in [0.3, 0.4) is 0 Å². The van der Waals surface area contributed by atoms with Crippen LogP contribution in [-0.2, 0) is 13.1 Å². The van der Waals surface area contributed by atoms with Crippen molar-refractivity contribution in [3.05, 3.63) is 18.7 Å². The van der Waals surface area contributed by atoms with Crippen molar-refractivity contribution < 1.29 is 4.57 Å². The van der Waals surface area contributed by atoms with Gasteiger partial charge in [0.1, 0.15) is 12.4 Å². The summed E-state index contributed by atoms with van der Waals surface area (Å²) in [4.78, 5) is 0. The van der Waals surface area contributed by atoms with E-state index in [0.717, 1.165) is 0 Å². The smallest absolute Gasteiger partial charge is 0.237 e. The Hall–Kier alpha value is -0.790. The van der Waals surface area contributed by atoms with Crippen LogP contribution >= 0.6 is 0 Å². The lowest BCUT2D eigenvalue weighted by atomic mass is 10.1. The second-order valence-electron chi connectivity index (χ2n) is 5.01. The van der Waals surface area contributed by atoms with Crippen LogP contribution in [0.5, 0.6) is 0 Å². The van der Waals surface area contributed by atoms with Gasteiger partial charge in [-0.25, -0.2) is 9.13 Å². The normalized spacial score (nSPS) is 10.9. The maximum atomic E-state index is 2.33. The van der Waals surface area contributed by atoms with Crippen LogP contribution in [0.4, 0.5) is 0 Å². The molecule has 1 aromatic rings. The number of imidazole rings is 1. The maximum absolute atomic E-state index is 2.33. The Labute approximate surface area is 107 Å². The van der Waals surface area contributed by atoms with E-state index in [2.05, 4.69) is 41.7 Å². The molecule has 1 aromatic heterocycles. The predicted octanol–water partition coefficient (Wildman–Crippen LogP) is 3.94. The van der Waals surface area contributed by atoms with Crippen molar-refractivity contribution in [3.8, 4) is 0 Å². The molecule has 0 bridgehead atoms. The molecule has 2 nitrogen and oxygen atoms in total. The third-order valence-corrected chi connectivity index (χ3v) is 3.29. The molecule has 98 valence electrons. The number of unbranched alkanes of at least 4 members (excludes halogenated alkanes) is 6. The van der Waals surface area contributed by atoms with Crippen molar-refractivity contribution in [1.29, 1.82) is 0 Å². The highest BCUT2D eigenvalue weighted by molar-refractivity contribution is 4.66. The molecule has 0 unspecified atom stereocenters. The highest BCUT2D eigenvalue weighted by Crippen LogP contribution is 2.03. The summed E-state index contributed by atoms with van der Waals surface area (Å²) in [6.07, 6.45) is 17.5. The molecular weight excluding hydrogens is 208 g/mol. The Kier molecular flexibility index (Phi) is 7.78. The molecule has 1 rings (SSSR count). The molecule has 0 atom stereocenters. The van der Waals surface area contributed by atoms with Gasteiger partial charge in [-0.05, 0) is 25.7 Å². The first kappa shape index (κ1) is 14.3. The van der Waals surface area contributed by atoms with Crippen molar-refractivity contribution >= 4 is 0 Å². The number of hydrogen-bond acceptors (Lipinski definition) is 0. The zero-order chi connectivity index (χ0) is 12.3. The van der Waals surface area contributed by atoms with E-state index in [1.807, 2.05) is 0 Å². The fraction of sp³-hybridized carbons (Fsp3) is 0.800. The average Bonchev–Trinajstić information content (AvgIpc) is 2.77. The van der Waals surface area contributed by atoms with Crippen molar-refractivity contribution in [1.82, 2.24) is 4.57 Å². The molecule has 1 heterocycles. The first-order chi connectivity index (χ1) is 8.36. The summed E-state index contributed by atoms with van der Waals surface area (Å²) < 4.78 is 4.65. The molecule has 0 aliphatic rings. The zero-order valence-corrected chi connectivity index (χ0v) is 11.7. The standard InChI is InChI=1S/C15H29N2/c1-3-5-7-8-10-12-17-14-13-16(15-17)11-9-6-4-2/h13-15H,3-12H2,1-2H3/q+1. The molecule has 0 aliphatic carbocycles. The van der Waals surface area contributed by atoms with E-state index in [1.54, 1.807) is 0 Å². The molecule has 0 fully saturated rings. The molecule has 0 spiro atoms. The van der Waals surface area contributed by atoms with Crippen LogP contribution in [-0.4, -0.2) is 4.57 Å². The maximum Gasteiger partial charge on any atom is 0.243 e. The summed E-state index contributed by atoms with van der Waals surface area (Å²) >= 11 is 0. The quantitative estimate of drug-likeness (QED) is 0.430. The molecule has 0 saturated carbocycles. The van der Waals surface area contributed by atoms with Gasteiger partial charge < -0.3 is 0 Å². The van der Waals surface area contributed by atoms with Gasteiger partial charge in [-0.3, -0.25) is 0 Å². The lowest BCUT2D eigenvalue weighted by molar-refractivity contribution is -0.696. The van der Waals surface area contributed by atoms with Gasteiger partial charge in [0.15, 0.2) is 0 Å². The van der Waals surface area contributed by atoms with Gasteiger partial charge in [-0.1, -0.05) is 39.5 Å². The summed E-state index contributed by atoms with van der Waals surface area (Å²) in [5.41, 5.74) is 0. The average molecular weight is 237 g/mol. The van der Waals surface area contributed by atoms with Crippen molar-refractivity contribution in [2.24, 2.45) is 0 Å². The van der Waals surface area contributed by atoms with E-state index in [-0.39, 0.29) is 0 Å². The van der Waals surface area contributed by atoms with Gasteiger partial charge in [-0.2, -0.15) is 0 Å². The van der Waals surface area contributed by atoms with E-state index < -0.39 is 0 Å². The van der Waals surface area contributed by atoms with Crippen LogP contribution in [0.1, 0.15) is 65.2 Å². The number of hydrogen-bond donors (Lipinski definition) is 0. The van der Waals surface area contributed by atoms with E-state index in [4.69, 9.17) is 0 Å². The van der Waals surface area contributed by atoms with E-state index in [0.29, 0.717) is 0 Å². The second-order valence-corrected chi connectivity index (χ2v) is 5.01. The third-order valence-electron chi connectivity index (χ3n) is 3.29. The first-order valence-corrected chi connectivity index (χ1v) is 7.41. The van der Waals surface area contributed by atoms with Crippen LogP contribution in [0.15, 0.2) is 18.7 Å². The summed E-state index contributed by atoms with van der Waals surface area (Å²) in [5.74, 6) is 0. The van der Waals surface area contributed by atoms with Crippen molar-refractivity contribution in [3.63, 3.8) is 0 Å². The van der Waals surface area contributed by atoms with Crippen molar-refractivity contribution in [2.75, 3.05) is 0 Å². The minimum Gasteiger partial charge on any atom is -0.237 e. The lowest BCUT2D eigenvalue weighted by Crippen LogP contribution is -2.30. The molecule has 0 amide bonds. The summed E-state index contributed by atoms with van der Waals surface area (Å²) in [5, 5.41) is 0. The zero-order valence-electron chi connectivity index (χ0n) is 11.7. The van der Waals surface area contributed by atoms with Gasteiger partial charge in [0.05, 0.1) is 13.1 Å². The minimum atomic E-state index is 1.18. The monoisotopic (exact) mass is 237 g/mol. The first-order valence-electron chi connectivity index (χ1n) is 7.41. The topological polar surface area (TPSA) is 8.81 Å². The number of aromatic nitrogens is 2. The highest BCUT2D eigenvalue weighted by Gasteiger charge is 2.02. The van der Waals surface area contributed by atoms with Crippen LogP contribution < -0.4 is 4.57 Å². The summed E-state index contributed by atoms with van der Waals surface area (Å²) in [6.45, 7) is 6.89. The van der Waals surface area contributed by atoms with E-state index in [1.165, 1.54) is 64.5 Å². The Balaban J connectivity index is 2.12. The fourth-order valence-corrected chi connectivity index (χ4v) is 2.15. The predicted molar refractivity (Wildman–Crippen MR) is 72.9 cm³/mol. The van der Waals surface area contributed by atoms with Crippen molar-refractivity contribution in [2.45, 2.75) is 78.3 Å². The third kappa shape index (κ3) is 6.50. The Morgan fingerprint density at radius 1 is 0.882 bits per heavy atom. The molecule has 0 N–H and O–H groups in total. The number of nitrogens with zero attached hydrogens (tertiary/aromatic N) is 2. The van der Waals surface area contributed by atoms with Gasteiger partial charge >= 0.3 is 0 Å². The molecular formula is C15H29N2+. The molecule has 0 aromatic carbocycles. The van der Waals surface area contributed by atoms with E-state index >= 15 is 0 Å². The molecule has 0 radical (unpaired) electrons. The van der Waals surface area contributed by atoms with Crippen LogP contribution in [0.2, 0.25) is 0 Å². The largest absolute Gasteiger partial charge is 0.243 e. The fourth-order valence-electron chi connectivity index (χ4n) is 2.15. The molecule has 2 heteroatoms. The SMILES string of the molecule is CCCCCCCn1cc[n+](CCCCC)c1. The summed E-state index contributed by atoms with van der Waals surface area (Å²) in [7, 11) is 0. The Morgan fingerprint density at radius 3 is 2.35 bits per heavy atom. The van der Waals surface area contributed by atoms with E-state index in [9.17, 15) is 0 Å². The van der Waals surface area contributed by atoms with Gasteiger partial charge in [0.25, 0.3) is 0 Å². The summed E-state index contributed by atoms with van der Waals surface area (Å²) in [6, 6.07) is 0. The lowest BCUT2D eigenvalue weighted by Gasteiger charge is -1.98. The Bertz CT molecular complexity index is 278. The highest BCUT2D eigenvalue weighted by atomic mass is 15.1. The molecule has 17 heavy (non-hydrogen) atoms. The Morgan fingerprint density at radius 2 is 1.59 bits per heavy atom. The van der Waals surface area contributed by atoms with Crippen LogP contribution in [0, 0.1) is 0 Å². The number of aryl methyl sites for hydroxylation is 2. The van der Waals surface area contributed by atoms with Gasteiger partial charge in [0, 0.05) is 0 Å². The molecule has 0 aliphatic heterocycles. The number of rotatable bonds is 10.